The highest BCUT2D eigenvalue weighted by Gasteiger charge is 2.37. The first-order valence-corrected chi connectivity index (χ1v) is 7.46. The fraction of sp³-hybridized carbons (Fsp3) is 0.500. The van der Waals surface area contributed by atoms with Crippen LogP contribution in [0.2, 0.25) is 5.15 Å². The first kappa shape index (κ1) is 14.1. The van der Waals surface area contributed by atoms with Crippen LogP contribution in [0, 0.1) is 0 Å². The number of nitrogens with one attached hydrogen (secondary N) is 1. The van der Waals surface area contributed by atoms with Gasteiger partial charge in [-0.2, -0.15) is 0 Å². The Morgan fingerprint density at radius 1 is 1.38 bits per heavy atom. The molecule has 0 spiro atoms. The minimum atomic E-state index is -0.413. The third kappa shape index (κ3) is 2.95. The van der Waals surface area contributed by atoms with Gasteiger partial charge in [0.05, 0.1) is 17.4 Å². The number of halogens is 1. The second-order valence-electron chi connectivity index (χ2n) is 5.53. The Labute approximate surface area is 127 Å². The minimum Gasteiger partial charge on any atom is -0.397 e. The van der Waals surface area contributed by atoms with E-state index in [0.717, 1.165) is 19.3 Å². The summed E-state index contributed by atoms with van der Waals surface area (Å²) in [7, 11) is 0. The number of rotatable bonds is 3. The smallest absolute Gasteiger partial charge is 0.256 e. The first-order valence-electron chi connectivity index (χ1n) is 7.08. The highest BCUT2D eigenvalue weighted by Crippen LogP contribution is 2.25. The lowest BCUT2D eigenvalue weighted by Crippen LogP contribution is -2.46. The van der Waals surface area contributed by atoms with Crippen molar-refractivity contribution in [1.82, 2.24) is 15.2 Å². The van der Waals surface area contributed by atoms with Gasteiger partial charge in [-0.25, -0.2) is 4.98 Å². The van der Waals surface area contributed by atoms with Crippen LogP contribution in [0.5, 0.6) is 0 Å². The van der Waals surface area contributed by atoms with Crippen LogP contribution in [-0.4, -0.2) is 40.3 Å². The van der Waals surface area contributed by atoms with Crippen LogP contribution in [0.1, 0.15) is 36.0 Å². The number of nitrogen functional groups attached to an aromatic ring is 1. The lowest BCUT2D eigenvalue weighted by Gasteiger charge is -2.24. The summed E-state index contributed by atoms with van der Waals surface area (Å²) in [5.41, 5.74) is 6.38. The van der Waals surface area contributed by atoms with Gasteiger partial charge in [0, 0.05) is 12.6 Å². The number of amides is 2. The van der Waals surface area contributed by atoms with Crippen LogP contribution >= 0.6 is 11.6 Å². The van der Waals surface area contributed by atoms with Crippen LogP contribution < -0.4 is 11.1 Å². The van der Waals surface area contributed by atoms with E-state index in [9.17, 15) is 9.59 Å². The molecule has 1 unspecified atom stereocenters. The van der Waals surface area contributed by atoms with Crippen molar-refractivity contribution in [3.05, 3.63) is 23.0 Å². The Kier molecular flexibility index (Phi) is 3.71. The average Bonchev–Trinajstić information content (AvgIpc) is 3.13. The van der Waals surface area contributed by atoms with Crippen LogP contribution in [0.3, 0.4) is 0 Å². The monoisotopic (exact) mass is 308 g/mol. The standard InChI is InChI=1S/C14H17ClN4O2/c15-12-6-9(10(16)7-17-12)14(21)19-5-1-2-11(19)13(20)18-8-3-4-8/h6-8,11H,1-5,16H2,(H,18,20). The fourth-order valence-corrected chi connectivity index (χ4v) is 2.75. The van der Waals surface area contributed by atoms with Crippen molar-refractivity contribution in [2.75, 3.05) is 12.3 Å². The number of carbonyl (C=O) groups is 2. The van der Waals surface area contributed by atoms with Crippen LogP contribution in [0.15, 0.2) is 12.3 Å². The Hall–Kier alpha value is -1.82. The van der Waals surface area contributed by atoms with E-state index in [4.69, 9.17) is 17.3 Å². The predicted octanol–water partition coefficient (Wildman–Crippen LogP) is 1.20. The lowest BCUT2D eigenvalue weighted by atomic mass is 10.1. The van der Waals surface area contributed by atoms with E-state index in [0.29, 0.717) is 18.5 Å². The summed E-state index contributed by atoms with van der Waals surface area (Å²) in [6.07, 6.45) is 4.92. The number of aromatic nitrogens is 1. The van der Waals surface area contributed by atoms with Gasteiger partial charge in [0.1, 0.15) is 11.2 Å². The maximum atomic E-state index is 12.6. The molecule has 2 fully saturated rings. The molecule has 1 aliphatic carbocycles. The molecule has 1 saturated carbocycles. The van der Waals surface area contributed by atoms with Gasteiger partial charge in [-0.15, -0.1) is 0 Å². The summed E-state index contributed by atoms with van der Waals surface area (Å²) in [4.78, 5) is 30.3. The van der Waals surface area contributed by atoms with Gasteiger partial charge in [-0.3, -0.25) is 9.59 Å². The zero-order valence-electron chi connectivity index (χ0n) is 11.5. The molecule has 3 N–H and O–H groups in total. The molecule has 21 heavy (non-hydrogen) atoms. The third-order valence-electron chi connectivity index (χ3n) is 3.87. The van der Waals surface area contributed by atoms with Crippen molar-refractivity contribution >= 4 is 29.1 Å². The molecule has 1 atom stereocenters. The molecule has 1 aromatic rings. The molecular formula is C14H17ClN4O2. The summed E-state index contributed by atoms with van der Waals surface area (Å²) in [5.74, 6) is -0.327. The molecule has 1 aliphatic heterocycles. The SMILES string of the molecule is Nc1cnc(Cl)cc1C(=O)N1CCCC1C(=O)NC1CC1. The van der Waals surface area contributed by atoms with Gasteiger partial charge in [-0.05, 0) is 31.7 Å². The van der Waals surface area contributed by atoms with E-state index in [2.05, 4.69) is 10.3 Å². The Morgan fingerprint density at radius 2 is 2.14 bits per heavy atom. The summed E-state index contributed by atoms with van der Waals surface area (Å²) in [5, 5.41) is 3.17. The highest BCUT2D eigenvalue weighted by molar-refractivity contribution is 6.29. The molecular weight excluding hydrogens is 292 g/mol. The van der Waals surface area contributed by atoms with Gasteiger partial charge < -0.3 is 16.0 Å². The topological polar surface area (TPSA) is 88.3 Å². The van der Waals surface area contributed by atoms with Gasteiger partial charge >= 0.3 is 0 Å². The van der Waals surface area contributed by atoms with E-state index in [-0.39, 0.29) is 28.7 Å². The molecule has 2 aliphatic rings. The molecule has 0 aromatic carbocycles. The number of hydrogen-bond acceptors (Lipinski definition) is 4. The molecule has 0 bridgehead atoms. The molecule has 2 heterocycles. The fourth-order valence-electron chi connectivity index (χ4n) is 2.59. The van der Waals surface area contributed by atoms with E-state index in [1.165, 1.54) is 12.3 Å². The Balaban J connectivity index is 1.78. The van der Waals surface area contributed by atoms with Gasteiger partial charge in [0.2, 0.25) is 5.91 Å². The van der Waals surface area contributed by atoms with Crippen molar-refractivity contribution in [3.8, 4) is 0 Å². The number of likely N-dealkylation sites (tertiary alicyclic amines) is 1. The van der Waals surface area contributed by atoms with Crippen LogP contribution in [0.4, 0.5) is 5.69 Å². The van der Waals surface area contributed by atoms with Crippen molar-refractivity contribution in [2.24, 2.45) is 0 Å². The molecule has 7 heteroatoms. The molecule has 6 nitrogen and oxygen atoms in total. The van der Waals surface area contributed by atoms with Crippen molar-refractivity contribution < 1.29 is 9.59 Å². The zero-order chi connectivity index (χ0) is 15.0. The van der Waals surface area contributed by atoms with Crippen LogP contribution in [-0.2, 0) is 4.79 Å². The largest absolute Gasteiger partial charge is 0.397 e. The van der Waals surface area contributed by atoms with Crippen molar-refractivity contribution in [3.63, 3.8) is 0 Å². The number of nitrogens with zero attached hydrogens (tertiary/aromatic N) is 2. The van der Waals surface area contributed by atoms with E-state index in [1.54, 1.807) is 4.90 Å². The maximum absolute atomic E-state index is 12.6. The van der Waals surface area contributed by atoms with Crippen molar-refractivity contribution in [1.29, 1.82) is 0 Å². The summed E-state index contributed by atoms with van der Waals surface area (Å²) in [6.45, 7) is 0.557. The second kappa shape index (κ2) is 5.52. The molecule has 112 valence electrons. The minimum absolute atomic E-state index is 0.0675. The van der Waals surface area contributed by atoms with E-state index < -0.39 is 6.04 Å². The van der Waals surface area contributed by atoms with Gasteiger partial charge in [-0.1, -0.05) is 11.6 Å². The van der Waals surface area contributed by atoms with Crippen LogP contribution in [0.25, 0.3) is 0 Å². The summed E-state index contributed by atoms with van der Waals surface area (Å²) < 4.78 is 0. The predicted molar refractivity (Wildman–Crippen MR) is 78.9 cm³/mol. The highest BCUT2D eigenvalue weighted by atomic mass is 35.5. The number of anilines is 1. The quantitative estimate of drug-likeness (QED) is 0.821. The second-order valence-corrected chi connectivity index (χ2v) is 5.92. The third-order valence-corrected chi connectivity index (χ3v) is 4.08. The Bertz CT molecular complexity index is 588. The summed E-state index contributed by atoms with van der Waals surface area (Å²) >= 11 is 5.83. The zero-order valence-corrected chi connectivity index (χ0v) is 12.3. The number of nitrogens with two attached hydrogens (primary N) is 1. The normalized spacial score (nSPS) is 21.4. The molecule has 1 aromatic heterocycles. The molecule has 0 radical (unpaired) electrons. The number of hydrogen-bond donors (Lipinski definition) is 2. The molecule has 3 rings (SSSR count). The molecule has 2 amide bonds. The van der Waals surface area contributed by atoms with Gasteiger partial charge in [0.25, 0.3) is 5.91 Å². The lowest BCUT2D eigenvalue weighted by molar-refractivity contribution is -0.125. The van der Waals surface area contributed by atoms with E-state index >= 15 is 0 Å². The molecule has 1 saturated heterocycles. The summed E-state index contributed by atoms with van der Waals surface area (Å²) in [6, 6.07) is 1.33. The first-order chi connectivity index (χ1) is 10.1. The number of pyridine rings is 1. The average molecular weight is 309 g/mol. The Morgan fingerprint density at radius 3 is 2.86 bits per heavy atom. The van der Waals surface area contributed by atoms with Gasteiger partial charge in [0.15, 0.2) is 0 Å². The maximum Gasteiger partial charge on any atom is 0.256 e. The van der Waals surface area contributed by atoms with E-state index in [1.807, 2.05) is 0 Å². The number of carbonyl (C=O) groups excluding carboxylic acids is 2. The van der Waals surface area contributed by atoms with Crippen molar-refractivity contribution in [2.45, 2.75) is 37.8 Å².